The van der Waals surface area contributed by atoms with Gasteiger partial charge in [-0.1, -0.05) is 12.1 Å². The first-order valence-corrected chi connectivity index (χ1v) is 6.47. The standard InChI is InChI=1S/C13H19F3N4O/c1-4-5-20(7-13(14,15)16)10-6-8(2)18-9(3)11(10)12(17)19-21/h6,21H,4-5,7H2,1-3H3,(H2,17,19). The van der Waals surface area contributed by atoms with Gasteiger partial charge in [-0.2, -0.15) is 13.2 Å². The molecule has 0 aliphatic rings. The Labute approximate surface area is 121 Å². The lowest BCUT2D eigenvalue weighted by atomic mass is 10.1. The van der Waals surface area contributed by atoms with Crippen LogP contribution in [0.25, 0.3) is 0 Å². The summed E-state index contributed by atoms with van der Waals surface area (Å²) in [7, 11) is 0. The first-order valence-electron chi connectivity index (χ1n) is 6.47. The molecule has 1 aromatic heterocycles. The molecule has 1 rings (SSSR count). The van der Waals surface area contributed by atoms with Crippen molar-refractivity contribution >= 4 is 11.5 Å². The van der Waals surface area contributed by atoms with Crippen LogP contribution >= 0.6 is 0 Å². The van der Waals surface area contributed by atoms with E-state index in [9.17, 15) is 13.2 Å². The van der Waals surface area contributed by atoms with Crippen LogP contribution in [0.5, 0.6) is 0 Å². The van der Waals surface area contributed by atoms with Crippen molar-refractivity contribution in [2.45, 2.75) is 33.4 Å². The Morgan fingerprint density at radius 3 is 2.52 bits per heavy atom. The molecule has 0 amide bonds. The number of aryl methyl sites for hydroxylation is 2. The van der Waals surface area contributed by atoms with Gasteiger partial charge in [-0.05, 0) is 26.3 Å². The molecule has 0 aromatic carbocycles. The maximum absolute atomic E-state index is 12.8. The van der Waals surface area contributed by atoms with Crippen molar-refractivity contribution in [2.75, 3.05) is 18.0 Å². The van der Waals surface area contributed by atoms with Gasteiger partial charge < -0.3 is 15.8 Å². The zero-order valence-electron chi connectivity index (χ0n) is 12.2. The highest BCUT2D eigenvalue weighted by atomic mass is 19.4. The number of amidine groups is 1. The second-order valence-electron chi connectivity index (χ2n) is 4.77. The largest absolute Gasteiger partial charge is 0.409 e. The molecule has 0 saturated carbocycles. The van der Waals surface area contributed by atoms with Crippen molar-refractivity contribution in [1.82, 2.24) is 4.98 Å². The van der Waals surface area contributed by atoms with Gasteiger partial charge in [0.2, 0.25) is 0 Å². The highest BCUT2D eigenvalue weighted by molar-refractivity contribution is 6.03. The van der Waals surface area contributed by atoms with E-state index < -0.39 is 12.7 Å². The van der Waals surface area contributed by atoms with Gasteiger partial charge in [-0.25, -0.2) is 0 Å². The van der Waals surface area contributed by atoms with Crippen LogP contribution in [0.15, 0.2) is 11.2 Å². The van der Waals surface area contributed by atoms with Crippen molar-refractivity contribution in [2.24, 2.45) is 10.9 Å². The van der Waals surface area contributed by atoms with E-state index in [1.165, 1.54) is 11.0 Å². The minimum atomic E-state index is -4.34. The first-order chi connectivity index (χ1) is 9.69. The summed E-state index contributed by atoms with van der Waals surface area (Å²) in [5, 5.41) is 11.7. The molecule has 0 spiro atoms. The van der Waals surface area contributed by atoms with Crippen molar-refractivity contribution < 1.29 is 18.4 Å². The number of hydrogen-bond donors (Lipinski definition) is 2. The molecule has 0 fully saturated rings. The molecule has 0 bridgehead atoms. The maximum atomic E-state index is 12.8. The highest BCUT2D eigenvalue weighted by Crippen LogP contribution is 2.27. The molecule has 21 heavy (non-hydrogen) atoms. The van der Waals surface area contributed by atoms with Gasteiger partial charge in [0, 0.05) is 12.2 Å². The Bertz CT molecular complexity index is 529. The smallest absolute Gasteiger partial charge is 0.405 e. The average molecular weight is 304 g/mol. The number of nitrogens with zero attached hydrogens (tertiary/aromatic N) is 3. The van der Waals surface area contributed by atoms with E-state index >= 15 is 0 Å². The van der Waals surface area contributed by atoms with Crippen LogP contribution in [-0.4, -0.2) is 35.3 Å². The van der Waals surface area contributed by atoms with Gasteiger partial charge in [0.1, 0.15) is 6.54 Å². The quantitative estimate of drug-likeness (QED) is 0.379. The van der Waals surface area contributed by atoms with Crippen LogP contribution in [0.1, 0.15) is 30.3 Å². The van der Waals surface area contributed by atoms with E-state index in [2.05, 4.69) is 10.1 Å². The predicted molar refractivity (Wildman–Crippen MR) is 74.8 cm³/mol. The molecular weight excluding hydrogens is 285 g/mol. The molecule has 0 aliphatic heterocycles. The Kier molecular flexibility index (Phi) is 5.40. The Morgan fingerprint density at radius 2 is 2.05 bits per heavy atom. The summed E-state index contributed by atoms with van der Waals surface area (Å²) in [5.74, 6) is -0.252. The number of nitrogens with two attached hydrogens (primary N) is 1. The normalized spacial score (nSPS) is 12.6. The molecule has 0 radical (unpaired) electrons. The first kappa shape index (κ1) is 17.1. The lowest BCUT2D eigenvalue weighted by Gasteiger charge is -2.28. The summed E-state index contributed by atoms with van der Waals surface area (Å²) < 4.78 is 38.3. The van der Waals surface area contributed by atoms with E-state index in [1.54, 1.807) is 20.8 Å². The summed E-state index contributed by atoms with van der Waals surface area (Å²) >= 11 is 0. The lowest BCUT2D eigenvalue weighted by molar-refractivity contribution is -0.119. The number of aromatic nitrogens is 1. The molecule has 8 heteroatoms. The number of halogens is 3. The molecule has 0 atom stereocenters. The Hall–Kier alpha value is -1.99. The van der Waals surface area contributed by atoms with Crippen LogP contribution in [-0.2, 0) is 0 Å². The molecule has 0 aliphatic carbocycles. The molecule has 3 N–H and O–H groups in total. The topological polar surface area (TPSA) is 74.7 Å². The Morgan fingerprint density at radius 1 is 1.43 bits per heavy atom. The van der Waals surface area contributed by atoms with Crippen LogP contribution in [0.4, 0.5) is 18.9 Å². The predicted octanol–water partition coefficient (Wildman–Crippen LogP) is 2.57. The van der Waals surface area contributed by atoms with Crippen molar-refractivity contribution in [3.8, 4) is 0 Å². The number of hydrogen-bond acceptors (Lipinski definition) is 4. The monoisotopic (exact) mass is 304 g/mol. The lowest BCUT2D eigenvalue weighted by Crippen LogP contribution is -2.36. The summed E-state index contributed by atoms with van der Waals surface area (Å²) in [6.45, 7) is 4.18. The molecular formula is C13H19F3N4O. The minimum absolute atomic E-state index is 0.202. The molecule has 118 valence electrons. The van der Waals surface area contributed by atoms with Crippen molar-refractivity contribution in [3.05, 3.63) is 23.0 Å². The number of pyridine rings is 1. The van der Waals surface area contributed by atoms with Crippen LogP contribution in [0, 0.1) is 13.8 Å². The van der Waals surface area contributed by atoms with E-state index in [0.717, 1.165) is 0 Å². The zero-order valence-corrected chi connectivity index (χ0v) is 12.2. The third-order valence-electron chi connectivity index (χ3n) is 2.88. The molecule has 0 unspecified atom stereocenters. The molecule has 5 nitrogen and oxygen atoms in total. The fourth-order valence-electron chi connectivity index (χ4n) is 2.20. The van der Waals surface area contributed by atoms with Crippen molar-refractivity contribution in [1.29, 1.82) is 0 Å². The fraction of sp³-hybridized carbons (Fsp3) is 0.538. The summed E-state index contributed by atoms with van der Waals surface area (Å²) in [6, 6.07) is 1.52. The van der Waals surface area contributed by atoms with Crippen LogP contribution in [0.3, 0.4) is 0 Å². The summed E-state index contributed by atoms with van der Waals surface area (Å²) in [4.78, 5) is 5.34. The Balaban J connectivity index is 3.41. The zero-order chi connectivity index (χ0) is 16.2. The maximum Gasteiger partial charge on any atom is 0.405 e. The van der Waals surface area contributed by atoms with Crippen LogP contribution < -0.4 is 10.6 Å². The van der Waals surface area contributed by atoms with Gasteiger partial charge in [-0.15, -0.1) is 0 Å². The number of oxime groups is 1. The van der Waals surface area contributed by atoms with Gasteiger partial charge >= 0.3 is 6.18 Å². The summed E-state index contributed by atoms with van der Waals surface area (Å²) in [6.07, 6.45) is -3.81. The molecule has 0 saturated heterocycles. The number of anilines is 1. The SMILES string of the molecule is CCCN(CC(F)(F)F)c1cc(C)nc(C)c1/C(N)=N/O. The van der Waals surface area contributed by atoms with E-state index in [0.29, 0.717) is 17.8 Å². The summed E-state index contributed by atoms with van der Waals surface area (Å²) in [5.41, 5.74) is 7.08. The van der Waals surface area contributed by atoms with E-state index in [-0.39, 0.29) is 23.6 Å². The number of alkyl halides is 3. The second-order valence-corrected chi connectivity index (χ2v) is 4.77. The minimum Gasteiger partial charge on any atom is -0.409 e. The van der Waals surface area contributed by atoms with Gasteiger partial charge in [0.25, 0.3) is 0 Å². The highest BCUT2D eigenvalue weighted by Gasteiger charge is 2.32. The van der Waals surface area contributed by atoms with Crippen LogP contribution in [0.2, 0.25) is 0 Å². The van der Waals surface area contributed by atoms with E-state index in [1.807, 2.05) is 0 Å². The third-order valence-corrected chi connectivity index (χ3v) is 2.88. The third kappa shape index (κ3) is 4.51. The second kappa shape index (κ2) is 6.64. The molecule has 1 aromatic rings. The van der Waals surface area contributed by atoms with Crippen molar-refractivity contribution in [3.63, 3.8) is 0 Å². The van der Waals surface area contributed by atoms with E-state index in [4.69, 9.17) is 10.9 Å². The van der Waals surface area contributed by atoms with Gasteiger partial charge in [0.15, 0.2) is 5.84 Å². The number of rotatable bonds is 5. The van der Waals surface area contributed by atoms with Gasteiger partial charge in [-0.3, -0.25) is 4.98 Å². The average Bonchev–Trinajstić information content (AvgIpc) is 2.35. The molecule has 1 heterocycles. The van der Waals surface area contributed by atoms with Gasteiger partial charge in [0.05, 0.1) is 16.9 Å². The fourth-order valence-corrected chi connectivity index (χ4v) is 2.20.